The summed E-state index contributed by atoms with van der Waals surface area (Å²) in [5, 5.41) is 0. The van der Waals surface area contributed by atoms with E-state index in [9.17, 15) is 0 Å². The van der Waals surface area contributed by atoms with Crippen LogP contribution >= 0.6 is 0 Å². The van der Waals surface area contributed by atoms with Gasteiger partial charge in [0.25, 0.3) is 0 Å². The SMILES string of the molecule is C[Si](C)(C)OCCOCCOCCOCCOCCOCCOCCOCCOCCOCCOCCO[Si](C)(C)C. The average Bonchev–Trinajstić information content (AvgIpc) is 2.92. The van der Waals surface area contributed by atoms with Crippen molar-refractivity contribution in [3.63, 3.8) is 0 Å². The van der Waals surface area contributed by atoms with E-state index >= 15 is 0 Å². The van der Waals surface area contributed by atoms with Crippen LogP contribution in [0.2, 0.25) is 39.3 Å². The fourth-order valence-corrected chi connectivity index (χ4v) is 4.29. The van der Waals surface area contributed by atoms with Gasteiger partial charge in [-0.05, 0) is 39.3 Å². The van der Waals surface area contributed by atoms with Gasteiger partial charge in [-0.25, -0.2) is 0 Å². The van der Waals surface area contributed by atoms with Gasteiger partial charge < -0.3 is 56.2 Å². The Balaban J connectivity index is 3.07. The van der Waals surface area contributed by atoms with E-state index in [2.05, 4.69) is 39.3 Å². The molecule has 0 fully saturated rings. The number of hydrogen-bond donors (Lipinski definition) is 0. The molecule has 0 aliphatic carbocycles. The van der Waals surface area contributed by atoms with Gasteiger partial charge in [0, 0.05) is 0 Å². The van der Waals surface area contributed by atoms with Crippen LogP contribution in [-0.2, 0) is 56.2 Å². The van der Waals surface area contributed by atoms with Crippen molar-refractivity contribution in [3.05, 3.63) is 0 Å². The first-order valence-corrected chi connectivity index (χ1v) is 22.1. The van der Waals surface area contributed by atoms with Crippen molar-refractivity contribution < 1.29 is 56.2 Å². The smallest absolute Gasteiger partial charge is 0.183 e. The maximum Gasteiger partial charge on any atom is 0.183 e. The Morgan fingerprint density at radius 3 is 0.452 bits per heavy atom. The second-order valence-electron chi connectivity index (χ2n) is 11.0. The molecule has 0 aliphatic heterocycles. The van der Waals surface area contributed by atoms with E-state index in [0.717, 1.165) is 0 Å². The van der Waals surface area contributed by atoms with Crippen LogP contribution in [0.5, 0.6) is 0 Å². The van der Waals surface area contributed by atoms with Gasteiger partial charge in [0.05, 0.1) is 145 Å². The summed E-state index contributed by atoms with van der Waals surface area (Å²) in [6.45, 7) is 25.1. The van der Waals surface area contributed by atoms with Crippen molar-refractivity contribution in [1.29, 1.82) is 0 Å². The molecule has 0 aromatic carbocycles. The maximum atomic E-state index is 5.71. The van der Waals surface area contributed by atoms with Gasteiger partial charge >= 0.3 is 0 Å². The molecule has 0 atom stereocenters. The van der Waals surface area contributed by atoms with E-state index in [4.69, 9.17) is 56.2 Å². The predicted molar refractivity (Wildman–Crippen MR) is 167 cm³/mol. The number of ether oxygens (including phenoxy) is 10. The Morgan fingerprint density at radius 2 is 0.333 bits per heavy atom. The largest absolute Gasteiger partial charge is 0.415 e. The first-order valence-electron chi connectivity index (χ1n) is 15.3. The molecule has 0 rings (SSSR count). The zero-order valence-electron chi connectivity index (χ0n) is 27.5. The van der Waals surface area contributed by atoms with Crippen LogP contribution in [0.4, 0.5) is 0 Å². The highest BCUT2D eigenvalue weighted by Gasteiger charge is 2.13. The molecule has 14 heteroatoms. The highest BCUT2D eigenvalue weighted by atomic mass is 28.4. The van der Waals surface area contributed by atoms with Crippen molar-refractivity contribution in [1.82, 2.24) is 0 Å². The first kappa shape index (κ1) is 42.0. The third-order valence-corrected chi connectivity index (χ3v) is 7.01. The Hall–Kier alpha value is -0.0462. The molecule has 0 heterocycles. The fourth-order valence-electron chi connectivity index (χ4n) is 2.89. The second kappa shape index (κ2) is 31.0. The molecule has 0 saturated heterocycles. The third kappa shape index (κ3) is 40.0. The van der Waals surface area contributed by atoms with Crippen molar-refractivity contribution in [2.75, 3.05) is 145 Å². The quantitative estimate of drug-likeness (QED) is 0.0746. The van der Waals surface area contributed by atoms with Crippen LogP contribution < -0.4 is 0 Å². The lowest BCUT2D eigenvalue weighted by atomic mass is 10.6. The lowest BCUT2D eigenvalue weighted by Crippen LogP contribution is -2.27. The summed E-state index contributed by atoms with van der Waals surface area (Å²) in [5.41, 5.74) is 0. The second-order valence-corrected chi connectivity index (χ2v) is 20.1. The Kier molecular flexibility index (Phi) is 30.9. The molecule has 12 nitrogen and oxygen atoms in total. The van der Waals surface area contributed by atoms with E-state index in [1.165, 1.54) is 0 Å². The van der Waals surface area contributed by atoms with Crippen LogP contribution in [0.1, 0.15) is 0 Å². The molecule has 0 unspecified atom stereocenters. The lowest BCUT2D eigenvalue weighted by molar-refractivity contribution is -0.0270. The molecule has 254 valence electrons. The molecule has 0 aromatic heterocycles. The molecule has 0 bridgehead atoms. The van der Waals surface area contributed by atoms with E-state index in [1.807, 2.05) is 0 Å². The van der Waals surface area contributed by atoms with Gasteiger partial charge in [0.15, 0.2) is 16.6 Å². The summed E-state index contributed by atoms with van der Waals surface area (Å²) in [6.07, 6.45) is 0. The Bertz CT molecular complexity index is 490. The normalized spacial score (nSPS) is 12.4. The standard InChI is InChI=1S/C28H62O12Si2/c1-41(2,3)39-27-25-37-23-21-35-19-17-33-15-13-31-11-9-29-7-8-30-10-12-32-14-16-34-18-20-36-22-24-38-26-28-40-42(4,5)6/h7-28H2,1-6H3. The minimum Gasteiger partial charge on any atom is -0.415 e. The average molecular weight is 647 g/mol. The van der Waals surface area contributed by atoms with E-state index in [0.29, 0.717) is 145 Å². The Labute approximate surface area is 257 Å². The monoisotopic (exact) mass is 646 g/mol. The molecular formula is C28H62O12Si2. The van der Waals surface area contributed by atoms with Crippen LogP contribution in [0, 0.1) is 0 Å². The van der Waals surface area contributed by atoms with Crippen molar-refractivity contribution >= 4 is 16.6 Å². The van der Waals surface area contributed by atoms with Crippen molar-refractivity contribution in [2.24, 2.45) is 0 Å². The van der Waals surface area contributed by atoms with Crippen LogP contribution in [0.25, 0.3) is 0 Å². The van der Waals surface area contributed by atoms with Crippen molar-refractivity contribution in [3.8, 4) is 0 Å². The van der Waals surface area contributed by atoms with Crippen LogP contribution in [-0.4, -0.2) is 162 Å². The molecule has 42 heavy (non-hydrogen) atoms. The summed E-state index contributed by atoms with van der Waals surface area (Å²) >= 11 is 0. The number of rotatable bonds is 35. The number of hydrogen-bond acceptors (Lipinski definition) is 12. The van der Waals surface area contributed by atoms with Crippen LogP contribution in [0.3, 0.4) is 0 Å². The summed E-state index contributed by atoms with van der Waals surface area (Å²) in [5.74, 6) is 0. The van der Waals surface area contributed by atoms with E-state index in [-0.39, 0.29) is 0 Å². The zero-order valence-corrected chi connectivity index (χ0v) is 29.5. The lowest BCUT2D eigenvalue weighted by Gasteiger charge is -2.16. The minimum atomic E-state index is -1.45. The van der Waals surface area contributed by atoms with Crippen molar-refractivity contribution in [2.45, 2.75) is 39.3 Å². The van der Waals surface area contributed by atoms with E-state index in [1.54, 1.807) is 0 Å². The van der Waals surface area contributed by atoms with Gasteiger partial charge in [-0.2, -0.15) is 0 Å². The molecule has 0 amide bonds. The van der Waals surface area contributed by atoms with Gasteiger partial charge in [0.2, 0.25) is 0 Å². The topological polar surface area (TPSA) is 111 Å². The minimum absolute atomic E-state index is 0.520. The van der Waals surface area contributed by atoms with Gasteiger partial charge in [-0.3, -0.25) is 0 Å². The summed E-state index contributed by atoms with van der Waals surface area (Å²) in [7, 11) is -2.89. The fraction of sp³-hybridized carbons (Fsp3) is 1.00. The Morgan fingerprint density at radius 1 is 0.214 bits per heavy atom. The molecule has 0 aromatic rings. The predicted octanol–water partition coefficient (Wildman–Crippen LogP) is 2.86. The van der Waals surface area contributed by atoms with Gasteiger partial charge in [-0.15, -0.1) is 0 Å². The van der Waals surface area contributed by atoms with E-state index < -0.39 is 16.6 Å². The highest BCUT2D eigenvalue weighted by Crippen LogP contribution is 2.02. The maximum absolute atomic E-state index is 5.71. The molecule has 0 saturated carbocycles. The molecular weight excluding hydrogens is 584 g/mol. The molecule has 0 spiro atoms. The van der Waals surface area contributed by atoms with Crippen LogP contribution in [0.15, 0.2) is 0 Å². The first-order chi connectivity index (χ1) is 20.2. The molecule has 0 aliphatic rings. The summed E-state index contributed by atoms with van der Waals surface area (Å²) in [4.78, 5) is 0. The molecule has 0 radical (unpaired) electrons. The van der Waals surface area contributed by atoms with Gasteiger partial charge in [0.1, 0.15) is 0 Å². The highest BCUT2D eigenvalue weighted by molar-refractivity contribution is 6.70. The third-order valence-electron chi connectivity index (χ3n) is 4.87. The summed E-state index contributed by atoms with van der Waals surface area (Å²) < 4.78 is 66.2. The van der Waals surface area contributed by atoms with Gasteiger partial charge in [-0.1, -0.05) is 0 Å². The summed E-state index contributed by atoms with van der Waals surface area (Å²) in [6, 6.07) is 0. The zero-order chi connectivity index (χ0) is 31.0. The molecule has 0 N–H and O–H groups in total.